The molecule has 0 aliphatic carbocycles. The second kappa shape index (κ2) is 7.77. The lowest BCUT2D eigenvalue weighted by Crippen LogP contribution is -2.50. The lowest BCUT2D eigenvalue weighted by molar-refractivity contribution is 0.0697. The number of amides is 1. The quantitative estimate of drug-likeness (QED) is 0.613. The van der Waals surface area contributed by atoms with Gasteiger partial charge in [-0.15, -0.1) is 0 Å². The van der Waals surface area contributed by atoms with Gasteiger partial charge in [0.05, 0.1) is 26.9 Å². The fourth-order valence-corrected chi connectivity index (χ4v) is 5.97. The number of hydrogen-bond acceptors (Lipinski definition) is 6. The van der Waals surface area contributed by atoms with Crippen LogP contribution >= 0.6 is 11.3 Å². The van der Waals surface area contributed by atoms with Crippen LogP contribution in [-0.4, -0.2) is 54.3 Å². The molecule has 1 fully saturated rings. The molecule has 0 radical (unpaired) electrons. The monoisotopic (exact) mass is 435 g/mol. The minimum atomic E-state index is -3.70. The highest BCUT2D eigenvalue weighted by atomic mass is 32.2. The topological polar surface area (TPSA) is 92.8 Å². The molecule has 29 heavy (non-hydrogen) atoms. The molecule has 4 rings (SSSR count). The van der Waals surface area contributed by atoms with Crippen LogP contribution in [0.4, 0.5) is 0 Å². The van der Waals surface area contributed by atoms with Gasteiger partial charge in [0.25, 0.3) is 5.91 Å². The molecule has 1 aliphatic heterocycles. The van der Waals surface area contributed by atoms with Crippen LogP contribution in [0.5, 0.6) is 0 Å². The van der Waals surface area contributed by atoms with E-state index >= 15 is 0 Å². The van der Waals surface area contributed by atoms with Gasteiger partial charge >= 0.3 is 4.87 Å². The Labute approximate surface area is 172 Å². The number of thiazole rings is 1. The number of furan rings is 1. The van der Waals surface area contributed by atoms with Crippen LogP contribution in [-0.2, 0) is 16.6 Å². The molecule has 2 aromatic heterocycles. The first-order chi connectivity index (χ1) is 13.9. The molecule has 0 unspecified atom stereocenters. The first-order valence-electron chi connectivity index (χ1n) is 9.37. The summed E-state index contributed by atoms with van der Waals surface area (Å²) in [5, 5.41) is 0. The van der Waals surface area contributed by atoms with Gasteiger partial charge in [-0.05, 0) is 30.7 Å². The molecule has 154 valence electrons. The van der Waals surface area contributed by atoms with Crippen LogP contribution in [0.3, 0.4) is 0 Å². The molecule has 0 N–H and O–H groups in total. The maximum Gasteiger partial charge on any atom is 0.308 e. The third kappa shape index (κ3) is 3.63. The normalized spacial score (nSPS) is 15.8. The summed E-state index contributed by atoms with van der Waals surface area (Å²) in [6, 6.07) is 6.43. The Kier molecular flexibility index (Phi) is 5.32. The summed E-state index contributed by atoms with van der Waals surface area (Å²) < 4.78 is 34.8. The van der Waals surface area contributed by atoms with Crippen LogP contribution < -0.4 is 4.87 Å². The number of rotatable bonds is 5. The van der Waals surface area contributed by atoms with Crippen molar-refractivity contribution in [3.05, 3.63) is 52.0 Å². The van der Waals surface area contributed by atoms with Crippen LogP contribution in [0.1, 0.15) is 23.7 Å². The molecule has 0 spiro atoms. The third-order valence-electron chi connectivity index (χ3n) is 5.02. The molecule has 10 heteroatoms. The van der Waals surface area contributed by atoms with E-state index in [2.05, 4.69) is 0 Å². The maximum absolute atomic E-state index is 13.1. The van der Waals surface area contributed by atoms with E-state index in [0.717, 1.165) is 23.3 Å². The summed E-state index contributed by atoms with van der Waals surface area (Å²) in [7, 11) is -3.70. The van der Waals surface area contributed by atoms with Crippen LogP contribution in [0.15, 0.2) is 50.9 Å². The highest BCUT2D eigenvalue weighted by Crippen LogP contribution is 2.25. The zero-order chi connectivity index (χ0) is 20.6. The van der Waals surface area contributed by atoms with Gasteiger partial charge in [0.15, 0.2) is 0 Å². The highest BCUT2D eigenvalue weighted by molar-refractivity contribution is 7.89. The Morgan fingerprint density at radius 2 is 1.93 bits per heavy atom. The molecule has 0 saturated carbocycles. The number of sulfonamides is 1. The van der Waals surface area contributed by atoms with Crippen molar-refractivity contribution in [2.24, 2.45) is 0 Å². The number of carbonyl (C=O) groups is 1. The second-order valence-corrected chi connectivity index (χ2v) is 9.79. The minimum absolute atomic E-state index is 0.0808. The zero-order valence-corrected chi connectivity index (χ0v) is 17.5. The predicted molar refractivity (Wildman–Crippen MR) is 110 cm³/mol. The Morgan fingerprint density at radius 3 is 2.59 bits per heavy atom. The summed E-state index contributed by atoms with van der Waals surface area (Å²) >= 11 is 1.06. The average Bonchev–Trinajstić information content (AvgIpc) is 3.36. The van der Waals surface area contributed by atoms with Gasteiger partial charge in [-0.2, -0.15) is 4.31 Å². The van der Waals surface area contributed by atoms with Gasteiger partial charge in [-0.25, -0.2) is 8.42 Å². The summed E-state index contributed by atoms with van der Waals surface area (Å²) in [6.45, 7) is 3.66. The summed E-state index contributed by atoms with van der Waals surface area (Å²) in [5.41, 5.74) is 1.22. The first-order valence-corrected chi connectivity index (χ1v) is 11.6. The maximum atomic E-state index is 13.1. The van der Waals surface area contributed by atoms with Crippen molar-refractivity contribution in [2.75, 3.05) is 26.2 Å². The molecular weight excluding hydrogens is 414 g/mol. The molecule has 0 atom stereocenters. The average molecular weight is 436 g/mol. The van der Waals surface area contributed by atoms with Crippen LogP contribution in [0.2, 0.25) is 0 Å². The van der Waals surface area contributed by atoms with Gasteiger partial charge in [-0.3, -0.25) is 14.2 Å². The number of fused-ring (bicyclic) bond motifs is 1. The van der Waals surface area contributed by atoms with Gasteiger partial charge < -0.3 is 9.32 Å². The van der Waals surface area contributed by atoms with Gasteiger partial charge in [0.2, 0.25) is 10.0 Å². The lowest BCUT2D eigenvalue weighted by Gasteiger charge is -2.33. The van der Waals surface area contributed by atoms with Gasteiger partial charge in [0.1, 0.15) is 6.26 Å². The van der Waals surface area contributed by atoms with E-state index in [1.165, 1.54) is 16.8 Å². The SMILES string of the molecule is CCCn1c(=O)sc2cc(S(=O)(=O)N3CCN(C(=O)c4ccoc4)CC3)ccc21. The van der Waals surface area contributed by atoms with E-state index in [0.29, 0.717) is 29.9 Å². The van der Waals surface area contributed by atoms with E-state index in [4.69, 9.17) is 4.42 Å². The van der Waals surface area contributed by atoms with Gasteiger partial charge in [0, 0.05) is 32.7 Å². The number of aryl methyl sites for hydroxylation is 1. The van der Waals surface area contributed by atoms with Crippen molar-refractivity contribution in [3.63, 3.8) is 0 Å². The first kappa shape index (κ1) is 19.9. The van der Waals surface area contributed by atoms with Gasteiger partial charge in [-0.1, -0.05) is 18.3 Å². The number of benzene rings is 1. The van der Waals surface area contributed by atoms with Crippen molar-refractivity contribution in [1.82, 2.24) is 13.8 Å². The number of hydrogen-bond donors (Lipinski definition) is 0. The second-order valence-electron chi connectivity index (χ2n) is 6.86. The van der Waals surface area contributed by atoms with E-state index in [1.54, 1.807) is 33.7 Å². The summed E-state index contributed by atoms with van der Waals surface area (Å²) in [6.07, 6.45) is 3.65. The number of aromatic nitrogens is 1. The Morgan fingerprint density at radius 1 is 1.17 bits per heavy atom. The molecular formula is C19H21N3O5S2. The van der Waals surface area contributed by atoms with Crippen molar-refractivity contribution in [3.8, 4) is 0 Å². The van der Waals surface area contributed by atoms with E-state index in [-0.39, 0.29) is 28.8 Å². The van der Waals surface area contributed by atoms with E-state index in [9.17, 15) is 18.0 Å². The summed E-state index contributed by atoms with van der Waals surface area (Å²) in [4.78, 5) is 26.3. The number of piperazine rings is 1. The third-order valence-corrected chi connectivity index (χ3v) is 7.86. The molecule has 0 bridgehead atoms. The minimum Gasteiger partial charge on any atom is -0.472 e. The molecule has 3 heterocycles. The summed E-state index contributed by atoms with van der Waals surface area (Å²) in [5.74, 6) is -0.167. The standard InChI is InChI=1S/C19H21N3O5S2/c1-2-6-22-16-4-3-15(12-17(16)28-19(22)24)29(25,26)21-9-7-20(8-10-21)18(23)14-5-11-27-13-14/h3-5,11-13H,2,6-10H2,1H3. The molecule has 1 aromatic carbocycles. The highest BCUT2D eigenvalue weighted by Gasteiger charge is 2.31. The smallest absolute Gasteiger partial charge is 0.308 e. The molecule has 1 saturated heterocycles. The van der Waals surface area contributed by atoms with Crippen molar-refractivity contribution in [1.29, 1.82) is 0 Å². The van der Waals surface area contributed by atoms with E-state index < -0.39 is 10.0 Å². The molecule has 8 nitrogen and oxygen atoms in total. The van der Waals surface area contributed by atoms with Crippen LogP contribution in [0.25, 0.3) is 10.2 Å². The molecule has 1 aliphatic rings. The van der Waals surface area contributed by atoms with Crippen LogP contribution in [0, 0.1) is 0 Å². The zero-order valence-electron chi connectivity index (χ0n) is 15.9. The Bertz CT molecular complexity index is 1190. The fourth-order valence-electron chi connectivity index (χ4n) is 3.49. The number of nitrogens with zero attached hydrogens (tertiary/aromatic N) is 3. The van der Waals surface area contributed by atoms with E-state index in [1.807, 2.05) is 6.92 Å². The number of carbonyl (C=O) groups excluding carboxylic acids is 1. The van der Waals surface area contributed by atoms with Crippen molar-refractivity contribution < 1.29 is 17.6 Å². The molecule has 3 aromatic rings. The van der Waals surface area contributed by atoms with Crippen molar-refractivity contribution in [2.45, 2.75) is 24.8 Å². The largest absolute Gasteiger partial charge is 0.472 e. The fraction of sp³-hybridized carbons (Fsp3) is 0.368. The van der Waals surface area contributed by atoms with Crippen molar-refractivity contribution >= 4 is 37.5 Å². The lowest BCUT2D eigenvalue weighted by atomic mass is 10.2. The Balaban J connectivity index is 1.53. The Hall–Kier alpha value is -2.43. The predicted octanol–water partition coefficient (Wildman–Crippen LogP) is 2.21. The molecule has 1 amide bonds.